The first-order valence-electron chi connectivity index (χ1n) is 5.05. The topological polar surface area (TPSA) is 0 Å². The Bertz CT molecular complexity index is 462. The molecule has 0 heteroatoms. The summed E-state index contributed by atoms with van der Waals surface area (Å²) in [4.78, 5) is 0. The summed E-state index contributed by atoms with van der Waals surface area (Å²) < 4.78 is 0. The van der Waals surface area contributed by atoms with Crippen LogP contribution in [0.15, 0.2) is 79.4 Å². The SMILES string of the molecule is C=C/C=C\C(C#Cc1ccccc1)=C/C=C. The predicted molar refractivity (Wildman–Crippen MR) is 70.9 cm³/mol. The highest BCUT2D eigenvalue weighted by molar-refractivity contribution is 5.46. The van der Waals surface area contributed by atoms with Gasteiger partial charge in [0.05, 0.1) is 0 Å². The largest absolute Gasteiger partial charge is 0.0991 e. The van der Waals surface area contributed by atoms with Crippen LogP contribution in [-0.4, -0.2) is 0 Å². The van der Waals surface area contributed by atoms with Gasteiger partial charge in [-0.25, -0.2) is 0 Å². The van der Waals surface area contributed by atoms with Crippen molar-refractivity contribution in [1.29, 1.82) is 0 Å². The highest BCUT2D eigenvalue weighted by atomic mass is 13.9. The van der Waals surface area contributed by atoms with Gasteiger partial charge in [0, 0.05) is 11.1 Å². The molecule has 0 spiro atoms. The number of benzene rings is 1. The van der Waals surface area contributed by atoms with E-state index in [0.29, 0.717) is 0 Å². The van der Waals surface area contributed by atoms with Crippen molar-refractivity contribution in [2.45, 2.75) is 0 Å². The summed E-state index contributed by atoms with van der Waals surface area (Å²) in [5.41, 5.74) is 1.92. The van der Waals surface area contributed by atoms with Gasteiger partial charge in [0.15, 0.2) is 0 Å². The average molecular weight is 206 g/mol. The molecule has 0 saturated carbocycles. The minimum absolute atomic E-state index is 0.916. The Balaban J connectivity index is 2.88. The van der Waals surface area contributed by atoms with E-state index in [4.69, 9.17) is 0 Å². The average Bonchev–Trinajstić information content (AvgIpc) is 2.34. The van der Waals surface area contributed by atoms with Gasteiger partial charge < -0.3 is 0 Å². The second-order valence-electron chi connectivity index (χ2n) is 3.07. The van der Waals surface area contributed by atoms with Crippen molar-refractivity contribution in [2.75, 3.05) is 0 Å². The van der Waals surface area contributed by atoms with Gasteiger partial charge in [-0.2, -0.15) is 0 Å². The Labute approximate surface area is 97.3 Å². The second kappa shape index (κ2) is 7.09. The maximum Gasteiger partial charge on any atom is 0.0249 e. The molecule has 0 aliphatic carbocycles. The molecule has 0 aromatic heterocycles. The van der Waals surface area contributed by atoms with Crippen LogP contribution >= 0.6 is 0 Å². The molecule has 78 valence electrons. The lowest BCUT2D eigenvalue weighted by atomic mass is 10.2. The van der Waals surface area contributed by atoms with E-state index in [0.717, 1.165) is 11.1 Å². The Morgan fingerprint density at radius 1 is 1.06 bits per heavy atom. The molecule has 16 heavy (non-hydrogen) atoms. The first kappa shape index (κ1) is 11.8. The first-order chi connectivity index (χ1) is 7.86. The molecular formula is C16H14. The van der Waals surface area contributed by atoms with Crippen LogP contribution in [0.4, 0.5) is 0 Å². The third kappa shape index (κ3) is 4.30. The first-order valence-corrected chi connectivity index (χ1v) is 5.05. The van der Waals surface area contributed by atoms with Crippen LogP contribution in [0.1, 0.15) is 5.56 Å². The van der Waals surface area contributed by atoms with Crippen LogP contribution in [0.25, 0.3) is 0 Å². The Morgan fingerprint density at radius 3 is 2.44 bits per heavy atom. The summed E-state index contributed by atoms with van der Waals surface area (Å²) >= 11 is 0. The molecule has 0 aliphatic rings. The van der Waals surface area contributed by atoms with Crippen LogP contribution in [0, 0.1) is 11.8 Å². The van der Waals surface area contributed by atoms with E-state index >= 15 is 0 Å². The van der Waals surface area contributed by atoms with Gasteiger partial charge in [-0.3, -0.25) is 0 Å². The Morgan fingerprint density at radius 2 is 1.81 bits per heavy atom. The molecule has 0 bridgehead atoms. The molecule has 1 aromatic carbocycles. The van der Waals surface area contributed by atoms with Crippen LogP contribution in [0.3, 0.4) is 0 Å². The molecule has 0 unspecified atom stereocenters. The van der Waals surface area contributed by atoms with Gasteiger partial charge in [0.2, 0.25) is 0 Å². The zero-order valence-electron chi connectivity index (χ0n) is 9.19. The van der Waals surface area contributed by atoms with Crippen molar-refractivity contribution in [3.63, 3.8) is 0 Å². The van der Waals surface area contributed by atoms with Gasteiger partial charge >= 0.3 is 0 Å². The van der Waals surface area contributed by atoms with Crippen LogP contribution in [-0.2, 0) is 0 Å². The van der Waals surface area contributed by atoms with Crippen molar-refractivity contribution >= 4 is 0 Å². The molecule has 1 rings (SSSR count). The monoisotopic (exact) mass is 206 g/mol. The molecule has 0 amide bonds. The van der Waals surface area contributed by atoms with Crippen LogP contribution in [0.5, 0.6) is 0 Å². The molecule has 0 saturated heterocycles. The van der Waals surface area contributed by atoms with Crippen molar-refractivity contribution in [3.8, 4) is 11.8 Å². The number of rotatable bonds is 3. The van der Waals surface area contributed by atoms with Gasteiger partial charge in [-0.1, -0.05) is 61.4 Å². The lowest BCUT2D eigenvalue weighted by Gasteiger charge is -1.88. The van der Waals surface area contributed by atoms with Gasteiger partial charge in [0.1, 0.15) is 0 Å². The zero-order valence-corrected chi connectivity index (χ0v) is 9.19. The third-order valence-electron chi connectivity index (χ3n) is 1.83. The second-order valence-corrected chi connectivity index (χ2v) is 3.07. The van der Waals surface area contributed by atoms with E-state index in [-0.39, 0.29) is 0 Å². The van der Waals surface area contributed by atoms with E-state index in [2.05, 4.69) is 25.0 Å². The van der Waals surface area contributed by atoms with Gasteiger partial charge in [-0.15, -0.1) is 0 Å². The Hall–Kier alpha value is -2.26. The van der Waals surface area contributed by atoms with Crippen molar-refractivity contribution in [1.82, 2.24) is 0 Å². The smallest absolute Gasteiger partial charge is 0.0249 e. The van der Waals surface area contributed by atoms with Crippen LogP contribution < -0.4 is 0 Å². The maximum absolute atomic E-state index is 3.66. The molecule has 1 aromatic rings. The minimum Gasteiger partial charge on any atom is -0.0991 e. The molecule has 0 atom stereocenters. The maximum atomic E-state index is 3.66. The van der Waals surface area contributed by atoms with E-state index < -0.39 is 0 Å². The lowest BCUT2D eigenvalue weighted by molar-refractivity contribution is 1.64. The van der Waals surface area contributed by atoms with E-state index in [1.54, 1.807) is 12.2 Å². The molecule has 0 aliphatic heterocycles. The summed E-state index contributed by atoms with van der Waals surface area (Å²) in [6.45, 7) is 7.28. The van der Waals surface area contributed by atoms with Gasteiger partial charge in [0.25, 0.3) is 0 Å². The molecule has 0 N–H and O–H groups in total. The zero-order chi connectivity index (χ0) is 11.6. The van der Waals surface area contributed by atoms with Crippen LogP contribution in [0.2, 0.25) is 0 Å². The standard InChI is InChI=1S/C16H14/c1-3-5-10-15(9-4-2)13-14-16-11-7-6-8-12-16/h3-12H,1-2H2/b10-5-,15-9+. The third-order valence-corrected chi connectivity index (χ3v) is 1.83. The normalized spacial score (nSPS) is 10.6. The van der Waals surface area contributed by atoms with Crippen molar-refractivity contribution in [2.24, 2.45) is 0 Å². The summed E-state index contributed by atoms with van der Waals surface area (Å²) in [5.74, 6) is 6.16. The molecule has 0 nitrogen and oxygen atoms in total. The summed E-state index contributed by atoms with van der Waals surface area (Å²) in [7, 11) is 0. The predicted octanol–water partition coefficient (Wildman–Crippen LogP) is 3.89. The number of hydrogen-bond acceptors (Lipinski definition) is 0. The van der Waals surface area contributed by atoms with E-state index in [1.807, 2.05) is 48.6 Å². The van der Waals surface area contributed by atoms with Crippen molar-refractivity contribution < 1.29 is 0 Å². The highest BCUT2D eigenvalue weighted by Gasteiger charge is 1.84. The fraction of sp³-hybridized carbons (Fsp3) is 0. The van der Waals surface area contributed by atoms with E-state index in [1.165, 1.54) is 0 Å². The fourth-order valence-electron chi connectivity index (χ4n) is 1.10. The molecule has 0 fully saturated rings. The lowest BCUT2D eigenvalue weighted by Crippen LogP contribution is -1.74. The van der Waals surface area contributed by atoms with Crippen molar-refractivity contribution in [3.05, 3.63) is 85.0 Å². The quantitative estimate of drug-likeness (QED) is 0.520. The molecule has 0 radical (unpaired) electrons. The van der Waals surface area contributed by atoms with E-state index in [9.17, 15) is 0 Å². The molecule has 0 heterocycles. The fourth-order valence-corrected chi connectivity index (χ4v) is 1.10. The highest BCUT2D eigenvalue weighted by Crippen LogP contribution is 1.99. The summed E-state index contributed by atoms with van der Waals surface area (Å²) in [6, 6.07) is 9.88. The number of hydrogen-bond donors (Lipinski definition) is 0. The number of allylic oxidation sites excluding steroid dienone is 6. The minimum atomic E-state index is 0.916. The summed E-state index contributed by atoms with van der Waals surface area (Å²) in [6.07, 6.45) is 9.08. The Kier molecular flexibility index (Phi) is 5.23. The molecular weight excluding hydrogens is 192 g/mol. The van der Waals surface area contributed by atoms with Gasteiger partial charge in [-0.05, 0) is 24.3 Å². The summed E-state index contributed by atoms with van der Waals surface area (Å²) in [5, 5.41) is 0.